The molecule has 0 saturated heterocycles. The van der Waals surface area contributed by atoms with Crippen LogP contribution >= 0.6 is 22.6 Å². The highest BCUT2D eigenvalue weighted by atomic mass is 127. The van der Waals surface area contributed by atoms with Crippen molar-refractivity contribution in [2.45, 2.75) is 19.6 Å². The van der Waals surface area contributed by atoms with Gasteiger partial charge < -0.3 is 14.5 Å². The van der Waals surface area contributed by atoms with Crippen LogP contribution in [0.3, 0.4) is 0 Å². The van der Waals surface area contributed by atoms with E-state index in [1.807, 2.05) is 0 Å². The molecule has 6 heteroatoms. The van der Waals surface area contributed by atoms with Gasteiger partial charge in [-0.3, -0.25) is 4.79 Å². The first-order chi connectivity index (χ1) is 10.1. The molecular weight excluding hydrogens is 385 g/mol. The molecule has 0 aliphatic heterocycles. The quantitative estimate of drug-likeness (QED) is 0.620. The third kappa shape index (κ3) is 4.59. The summed E-state index contributed by atoms with van der Waals surface area (Å²) in [5.74, 6) is -0.253. The first-order valence-corrected chi connectivity index (χ1v) is 7.41. The number of esters is 1. The van der Waals surface area contributed by atoms with Crippen molar-refractivity contribution in [3.63, 3.8) is 0 Å². The highest BCUT2D eigenvalue weighted by Gasteiger charge is 2.18. The van der Waals surface area contributed by atoms with Crippen LogP contribution in [0, 0.1) is 3.57 Å². The van der Waals surface area contributed by atoms with Gasteiger partial charge in [-0.2, -0.15) is 0 Å². The molecule has 0 bridgehead atoms. The third-order valence-corrected chi connectivity index (χ3v) is 3.47. The van der Waals surface area contributed by atoms with Gasteiger partial charge in [0.05, 0.1) is 18.4 Å². The Morgan fingerprint density at radius 3 is 2.62 bits per heavy atom. The Morgan fingerprint density at radius 2 is 2.00 bits per heavy atom. The van der Waals surface area contributed by atoms with Gasteiger partial charge in [-0.15, -0.1) is 0 Å². The largest absolute Gasteiger partial charge is 0.467 e. The van der Waals surface area contributed by atoms with Crippen molar-refractivity contribution >= 4 is 34.5 Å². The molecule has 0 aliphatic rings. The molecule has 1 heterocycles. The van der Waals surface area contributed by atoms with Crippen LogP contribution in [0.5, 0.6) is 0 Å². The van der Waals surface area contributed by atoms with Gasteiger partial charge in [-0.05, 0) is 65.9 Å². The number of ether oxygens (including phenoxy) is 1. The van der Waals surface area contributed by atoms with Crippen LogP contribution < -0.4 is 5.32 Å². The molecule has 21 heavy (non-hydrogen) atoms. The summed E-state index contributed by atoms with van der Waals surface area (Å²) in [6.07, 6.45) is 0.661. The number of nitrogens with one attached hydrogen (secondary N) is 1. The average Bonchev–Trinajstić information content (AvgIpc) is 2.98. The SMILES string of the molecule is CC(OC(=O)c1ccc(I)cc1)C(=O)NCc1ccco1. The lowest BCUT2D eigenvalue weighted by molar-refractivity contribution is -0.129. The molecule has 1 aromatic heterocycles. The zero-order valence-corrected chi connectivity index (χ0v) is 13.5. The fourth-order valence-electron chi connectivity index (χ4n) is 1.60. The second-order valence-electron chi connectivity index (χ2n) is 4.35. The number of rotatable bonds is 5. The lowest BCUT2D eigenvalue weighted by Crippen LogP contribution is -2.35. The van der Waals surface area contributed by atoms with Gasteiger partial charge in [0.25, 0.3) is 5.91 Å². The summed E-state index contributed by atoms with van der Waals surface area (Å²) in [6.45, 7) is 1.79. The number of benzene rings is 1. The number of halogens is 1. The maximum absolute atomic E-state index is 11.9. The van der Waals surface area contributed by atoms with E-state index in [4.69, 9.17) is 9.15 Å². The Kier molecular flexibility index (Phi) is 5.38. The van der Waals surface area contributed by atoms with Crippen molar-refractivity contribution in [3.05, 3.63) is 57.6 Å². The minimum Gasteiger partial charge on any atom is -0.467 e. The summed E-state index contributed by atoms with van der Waals surface area (Å²) in [6, 6.07) is 10.4. The molecule has 0 radical (unpaired) electrons. The van der Waals surface area contributed by atoms with Crippen molar-refractivity contribution in [1.29, 1.82) is 0 Å². The van der Waals surface area contributed by atoms with Crippen molar-refractivity contribution in [1.82, 2.24) is 5.32 Å². The van der Waals surface area contributed by atoms with Gasteiger partial charge in [-0.1, -0.05) is 0 Å². The molecule has 1 amide bonds. The van der Waals surface area contributed by atoms with Crippen LogP contribution in [0.1, 0.15) is 23.0 Å². The molecule has 1 N–H and O–H groups in total. The lowest BCUT2D eigenvalue weighted by Gasteiger charge is -2.13. The predicted molar refractivity (Wildman–Crippen MR) is 84.6 cm³/mol. The van der Waals surface area contributed by atoms with Gasteiger partial charge in [0.1, 0.15) is 5.76 Å². The van der Waals surface area contributed by atoms with Crippen LogP contribution in [0.2, 0.25) is 0 Å². The van der Waals surface area contributed by atoms with Crippen molar-refractivity contribution in [3.8, 4) is 0 Å². The normalized spacial score (nSPS) is 11.7. The number of hydrogen-bond acceptors (Lipinski definition) is 4. The Hall–Kier alpha value is -1.83. The first-order valence-electron chi connectivity index (χ1n) is 6.33. The number of carbonyl (C=O) groups is 2. The van der Waals surface area contributed by atoms with Gasteiger partial charge in [-0.25, -0.2) is 4.79 Å². The van der Waals surface area contributed by atoms with Crippen LogP contribution in [0.25, 0.3) is 0 Å². The molecule has 110 valence electrons. The van der Waals surface area contributed by atoms with E-state index in [1.54, 1.807) is 36.4 Å². The average molecular weight is 399 g/mol. The molecular formula is C15H14INO4. The highest BCUT2D eigenvalue weighted by molar-refractivity contribution is 14.1. The van der Waals surface area contributed by atoms with E-state index >= 15 is 0 Å². The molecule has 0 spiro atoms. The highest BCUT2D eigenvalue weighted by Crippen LogP contribution is 2.09. The second-order valence-corrected chi connectivity index (χ2v) is 5.60. The molecule has 0 fully saturated rings. The summed E-state index contributed by atoms with van der Waals surface area (Å²) in [7, 11) is 0. The van der Waals surface area contributed by atoms with E-state index in [0.717, 1.165) is 3.57 Å². The molecule has 0 saturated carbocycles. The zero-order valence-electron chi connectivity index (χ0n) is 11.3. The number of amides is 1. The number of carbonyl (C=O) groups excluding carboxylic acids is 2. The van der Waals surface area contributed by atoms with Crippen molar-refractivity contribution < 1.29 is 18.7 Å². The minimum atomic E-state index is -0.869. The topological polar surface area (TPSA) is 68.5 Å². The van der Waals surface area contributed by atoms with E-state index in [0.29, 0.717) is 11.3 Å². The third-order valence-electron chi connectivity index (χ3n) is 2.75. The Bertz CT molecular complexity index is 607. The molecule has 1 aromatic carbocycles. The van der Waals surface area contributed by atoms with Gasteiger partial charge in [0.2, 0.25) is 0 Å². The van der Waals surface area contributed by atoms with Crippen LogP contribution in [-0.4, -0.2) is 18.0 Å². The molecule has 1 unspecified atom stereocenters. The standard InChI is InChI=1S/C15H14INO4/c1-10(14(18)17-9-13-3-2-8-20-13)21-15(19)11-4-6-12(16)7-5-11/h2-8,10H,9H2,1H3,(H,17,18). The first kappa shape index (κ1) is 15.6. The predicted octanol–water partition coefficient (Wildman–Crippen LogP) is 2.75. The molecule has 0 aliphatic carbocycles. The maximum atomic E-state index is 11.9. The van der Waals surface area contributed by atoms with E-state index in [9.17, 15) is 9.59 Å². The smallest absolute Gasteiger partial charge is 0.338 e. The van der Waals surface area contributed by atoms with Crippen molar-refractivity contribution in [2.75, 3.05) is 0 Å². The fraction of sp³-hybridized carbons (Fsp3) is 0.200. The van der Waals surface area contributed by atoms with Crippen LogP contribution in [-0.2, 0) is 16.1 Å². The second kappa shape index (κ2) is 7.26. The lowest BCUT2D eigenvalue weighted by atomic mass is 10.2. The summed E-state index contributed by atoms with van der Waals surface area (Å²) >= 11 is 2.15. The maximum Gasteiger partial charge on any atom is 0.338 e. The molecule has 2 rings (SSSR count). The minimum absolute atomic E-state index is 0.261. The molecule has 5 nitrogen and oxygen atoms in total. The summed E-state index contributed by atoms with van der Waals surface area (Å²) < 4.78 is 11.2. The fourth-order valence-corrected chi connectivity index (χ4v) is 1.96. The van der Waals surface area contributed by atoms with E-state index in [1.165, 1.54) is 13.2 Å². The summed E-state index contributed by atoms with van der Waals surface area (Å²) in [4.78, 5) is 23.7. The van der Waals surface area contributed by atoms with Gasteiger partial charge in [0.15, 0.2) is 6.10 Å². The number of hydrogen-bond donors (Lipinski definition) is 1. The van der Waals surface area contributed by atoms with E-state index < -0.39 is 12.1 Å². The van der Waals surface area contributed by atoms with Gasteiger partial charge >= 0.3 is 5.97 Å². The Labute approximate surface area is 135 Å². The summed E-state index contributed by atoms with van der Waals surface area (Å²) in [5, 5.41) is 2.64. The monoisotopic (exact) mass is 399 g/mol. The molecule has 1 atom stereocenters. The van der Waals surface area contributed by atoms with Crippen LogP contribution in [0.4, 0.5) is 0 Å². The summed E-state index contributed by atoms with van der Waals surface area (Å²) in [5.41, 5.74) is 0.418. The Balaban J connectivity index is 1.85. The van der Waals surface area contributed by atoms with Gasteiger partial charge in [0, 0.05) is 3.57 Å². The Morgan fingerprint density at radius 1 is 1.29 bits per heavy atom. The van der Waals surface area contributed by atoms with E-state index in [2.05, 4.69) is 27.9 Å². The van der Waals surface area contributed by atoms with Crippen LogP contribution in [0.15, 0.2) is 47.1 Å². The number of furan rings is 1. The molecule has 2 aromatic rings. The van der Waals surface area contributed by atoms with E-state index in [-0.39, 0.29) is 12.5 Å². The zero-order chi connectivity index (χ0) is 15.2. The van der Waals surface area contributed by atoms with Crippen molar-refractivity contribution in [2.24, 2.45) is 0 Å².